The van der Waals surface area contributed by atoms with Gasteiger partial charge >= 0.3 is 5.56 Å². The Morgan fingerprint density at radius 3 is 2.47 bits per heavy atom. The van der Waals surface area contributed by atoms with E-state index in [4.69, 9.17) is 0 Å². The topological polar surface area (TPSA) is 75.4 Å². The number of rotatable bonds is 4. The number of benzene rings is 2. The predicted molar refractivity (Wildman–Crippen MR) is 124 cm³/mol. The second-order valence-corrected chi connectivity index (χ2v) is 9.50. The van der Waals surface area contributed by atoms with Crippen LogP contribution in [0.15, 0.2) is 47.3 Å². The van der Waals surface area contributed by atoms with Gasteiger partial charge in [-0.05, 0) is 43.0 Å². The molecule has 1 saturated carbocycles. The van der Waals surface area contributed by atoms with E-state index in [9.17, 15) is 14.7 Å². The Hall–Kier alpha value is -3.15. The van der Waals surface area contributed by atoms with Gasteiger partial charge in [0.05, 0.1) is 0 Å². The molecule has 1 N–H and O–H groups in total. The van der Waals surface area contributed by atoms with Gasteiger partial charge in [-0.3, -0.25) is 9.59 Å². The zero-order valence-electron chi connectivity index (χ0n) is 18.7. The molecular weight excluding hydrogens is 402 g/mol. The van der Waals surface area contributed by atoms with E-state index in [1.54, 1.807) is 9.47 Å². The molecule has 1 aromatic heterocycles. The van der Waals surface area contributed by atoms with Crippen molar-refractivity contribution in [1.29, 1.82) is 0 Å². The quantitative estimate of drug-likeness (QED) is 0.677. The molecule has 2 aliphatic rings. The molecular formula is C26H29N3O3. The fourth-order valence-electron chi connectivity index (χ4n) is 5.56. The van der Waals surface area contributed by atoms with Crippen LogP contribution in [0, 0.1) is 0 Å². The highest BCUT2D eigenvalue weighted by Crippen LogP contribution is 2.44. The average Bonchev–Trinajstić information content (AvgIpc) is 3.26. The summed E-state index contributed by atoms with van der Waals surface area (Å²) in [6.07, 6.45) is 4.87. The third-order valence-corrected chi connectivity index (χ3v) is 7.31. The smallest absolute Gasteiger partial charge is 0.315 e. The molecule has 0 saturated heterocycles. The maximum absolute atomic E-state index is 13.1. The van der Waals surface area contributed by atoms with Crippen molar-refractivity contribution in [2.75, 3.05) is 6.54 Å². The Kier molecular flexibility index (Phi) is 5.03. The summed E-state index contributed by atoms with van der Waals surface area (Å²) in [4.78, 5) is 31.6. The van der Waals surface area contributed by atoms with E-state index in [1.165, 1.54) is 16.3 Å². The van der Waals surface area contributed by atoms with Gasteiger partial charge in [-0.25, -0.2) is 0 Å². The molecule has 6 nitrogen and oxygen atoms in total. The fraction of sp³-hybridized carbons (Fsp3) is 0.423. The van der Waals surface area contributed by atoms with Crippen LogP contribution in [0.4, 0.5) is 0 Å². The number of hydrogen-bond donors (Lipinski definition) is 1. The first-order valence-electron chi connectivity index (χ1n) is 11.5. The summed E-state index contributed by atoms with van der Waals surface area (Å²) in [7, 11) is 0. The summed E-state index contributed by atoms with van der Waals surface area (Å²) < 4.78 is 1.79. The van der Waals surface area contributed by atoms with Gasteiger partial charge in [0.2, 0.25) is 5.75 Å². The van der Waals surface area contributed by atoms with E-state index < -0.39 is 11.3 Å². The predicted octanol–water partition coefficient (Wildman–Crippen LogP) is 4.02. The highest BCUT2D eigenvalue weighted by Gasteiger charge is 2.39. The van der Waals surface area contributed by atoms with Crippen LogP contribution < -0.4 is 5.56 Å². The van der Waals surface area contributed by atoms with E-state index in [0.29, 0.717) is 25.3 Å². The first-order chi connectivity index (χ1) is 15.4. The Bertz CT molecular complexity index is 1250. The van der Waals surface area contributed by atoms with Crippen LogP contribution >= 0.6 is 0 Å². The van der Waals surface area contributed by atoms with Crippen molar-refractivity contribution >= 4 is 16.7 Å². The van der Waals surface area contributed by atoms with Crippen molar-refractivity contribution in [3.05, 3.63) is 69.9 Å². The number of fused-ring (bicyclic) bond motifs is 2. The number of aromatic nitrogens is 2. The van der Waals surface area contributed by atoms with Gasteiger partial charge in [0.1, 0.15) is 5.82 Å². The molecule has 5 rings (SSSR count). The Morgan fingerprint density at radius 2 is 1.75 bits per heavy atom. The maximum atomic E-state index is 13.1. The number of carbonyl (C=O) groups excluding carboxylic acids is 1. The summed E-state index contributed by atoms with van der Waals surface area (Å²) in [5.74, 6) is -0.222. The minimum atomic E-state index is -0.711. The molecule has 0 atom stereocenters. The summed E-state index contributed by atoms with van der Waals surface area (Å²) in [6.45, 7) is 4.96. The number of nitrogens with zero attached hydrogens (tertiary/aromatic N) is 3. The Morgan fingerprint density at radius 1 is 1.03 bits per heavy atom. The third-order valence-electron chi connectivity index (χ3n) is 7.31. The molecule has 3 aromatic rings. The lowest BCUT2D eigenvalue weighted by atomic mass is 9.75. The van der Waals surface area contributed by atoms with Crippen molar-refractivity contribution in [3.8, 4) is 5.75 Å². The van der Waals surface area contributed by atoms with E-state index in [0.717, 1.165) is 25.7 Å². The summed E-state index contributed by atoms with van der Waals surface area (Å²) >= 11 is 0. The second kappa shape index (κ2) is 7.76. The SMILES string of the molecule is CC(C)N1CCn2c(CC3(c4ccc5ccccc5c4)CCCC3)nc(=O)c(O)c2C1=O. The van der Waals surface area contributed by atoms with Crippen LogP contribution in [0.2, 0.25) is 0 Å². The molecule has 2 heterocycles. The second-order valence-electron chi connectivity index (χ2n) is 9.50. The van der Waals surface area contributed by atoms with Gasteiger partial charge < -0.3 is 14.6 Å². The minimum Gasteiger partial charge on any atom is -0.501 e. The van der Waals surface area contributed by atoms with Gasteiger partial charge in [-0.15, -0.1) is 0 Å². The zero-order valence-corrected chi connectivity index (χ0v) is 18.7. The number of aromatic hydroxyl groups is 1. The van der Waals surface area contributed by atoms with Crippen molar-refractivity contribution in [3.63, 3.8) is 0 Å². The lowest BCUT2D eigenvalue weighted by Crippen LogP contribution is -2.46. The molecule has 2 aromatic carbocycles. The largest absolute Gasteiger partial charge is 0.501 e. The summed E-state index contributed by atoms with van der Waals surface area (Å²) in [5, 5.41) is 12.9. The first-order valence-corrected chi connectivity index (χ1v) is 11.5. The van der Waals surface area contributed by atoms with Gasteiger partial charge in [0.25, 0.3) is 5.91 Å². The minimum absolute atomic E-state index is 0.00106. The molecule has 6 heteroatoms. The van der Waals surface area contributed by atoms with E-state index in [2.05, 4.69) is 41.4 Å². The summed E-state index contributed by atoms with van der Waals surface area (Å²) in [6, 6.07) is 15.0. The molecule has 0 bridgehead atoms. The van der Waals surface area contributed by atoms with Crippen LogP contribution in [0.1, 0.15) is 61.4 Å². The Labute approximate surface area is 187 Å². The van der Waals surface area contributed by atoms with Crippen LogP contribution in [-0.2, 0) is 18.4 Å². The lowest BCUT2D eigenvalue weighted by Gasteiger charge is -2.36. The lowest BCUT2D eigenvalue weighted by molar-refractivity contribution is 0.0636. The maximum Gasteiger partial charge on any atom is 0.315 e. The van der Waals surface area contributed by atoms with E-state index in [1.807, 2.05) is 19.9 Å². The molecule has 0 spiro atoms. The molecule has 0 radical (unpaired) electrons. The van der Waals surface area contributed by atoms with Crippen LogP contribution in [-0.4, -0.2) is 38.1 Å². The monoisotopic (exact) mass is 431 g/mol. The fourth-order valence-corrected chi connectivity index (χ4v) is 5.56. The van der Waals surface area contributed by atoms with Crippen molar-refractivity contribution in [2.45, 2.75) is 64.0 Å². The highest BCUT2D eigenvalue weighted by atomic mass is 16.3. The van der Waals surface area contributed by atoms with Gasteiger partial charge in [-0.1, -0.05) is 55.3 Å². The molecule has 1 aliphatic heterocycles. The van der Waals surface area contributed by atoms with Crippen molar-refractivity contribution in [2.24, 2.45) is 0 Å². The normalized spacial score (nSPS) is 17.8. The van der Waals surface area contributed by atoms with E-state index in [-0.39, 0.29) is 23.1 Å². The van der Waals surface area contributed by atoms with Gasteiger partial charge in [0.15, 0.2) is 5.69 Å². The molecule has 0 unspecified atom stereocenters. The van der Waals surface area contributed by atoms with Crippen LogP contribution in [0.25, 0.3) is 10.8 Å². The van der Waals surface area contributed by atoms with Crippen molar-refractivity contribution in [1.82, 2.24) is 14.5 Å². The zero-order chi connectivity index (χ0) is 22.5. The van der Waals surface area contributed by atoms with Gasteiger partial charge in [0, 0.05) is 31.0 Å². The standard InChI is InChI=1S/C26H29N3O3/c1-17(2)28-13-14-29-21(27-24(31)23(30)22(29)25(28)32)16-26(11-5-6-12-26)20-10-9-18-7-3-4-8-19(18)15-20/h3-4,7-10,15,17,30H,5-6,11-14,16H2,1-2H3. The average molecular weight is 432 g/mol. The number of amides is 1. The third kappa shape index (κ3) is 3.29. The molecule has 1 fully saturated rings. The molecule has 1 amide bonds. The van der Waals surface area contributed by atoms with Crippen molar-refractivity contribution < 1.29 is 9.90 Å². The Balaban J connectivity index is 1.61. The molecule has 166 valence electrons. The first kappa shape index (κ1) is 20.7. The van der Waals surface area contributed by atoms with E-state index >= 15 is 0 Å². The van der Waals surface area contributed by atoms with Crippen LogP contribution in [0.3, 0.4) is 0 Å². The van der Waals surface area contributed by atoms with Crippen LogP contribution in [0.5, 0.6) is 5.75 Å². The summed E-state index contributed by atoms with van der Waals surface area (Å²) in [5.41, 5.74) is 0.513. The highest BCUT2D eigenvalue weighted by molar-refractivity contribution is 5.96. The number of hydrogen-bond acceptors (Lipinski definition) is 4. The van der Waals surface area contributed by atoms with Gasteiger partial charge in [-0.2, -0.15) is 4.98 Å². The molecule has 32 heavy (non-hydrogen) atoms. The molecule has 1 aliphatic carbocycles. The number of carbonyl (C=O) groups is 1.